The van der Waals surface area contributed by atoms with Crippen LogP contribution in [-0.2, 0) is 20.0 Å². The number of hydrogen-bond acceptors (Lipinski definition) is 6. The second-order valence-corrected chi connectivity index (χ2v) is 10.1. The molecule has 4 rings (SSSR count). The van der Waals surface area contributed by atoms with E-state index in [9.17, 15) is 16.8 Å². The lowest BCUT2D eigenvalue weighted by atomic mass is 10.3. The highest BCUT2D eigenvalue weighted by atomic mass is 32.2. The van der Waals surface area contributed by atoms with E-state index in [4.69, 9.17) is 9.47 Å². The Morgan fingerprint density at radius 1 is 0.647 bits per heavy atom. The van der Waals surface area contributed by atoms with E-state index in [0.29, 0.717) is 36.0 Å². The third kappa shape index (κ3) is 6.68. The molecule has 2 aliphatic rings. The predicted octanol–water partition coefficient (Wildman–Crippen LogP) is 2.58. The summed E-state index contributed by atoms with van der Waals surface area (Å²) in [6.07, 6.45) is 7.97. The summed E-state index contributed by atoms with van der Waals surface area (Å²) in [4.78, 5) is 0.305. The monoisotopic (exact) mass is 504 g/mol. The van der Waals surface area contributed by atoms with E-state index in [0.717, 1.165) is 0 Å². The van der Waals surface area contributed by atoms with Crippen molar-refractivity contribution >= 4 is 31.7 Å². The summed E-state index contributed by atoms with van der Waals surface area (Å²) in [5, 5.41) is 5.54. The van der Waals surface area contributed by atoms with Gasteiger partial charge in [0.1, 0.15) is 23.2 Å². The Kier molecular flexibility index (Phi) is 8.08. The van der Waals surface area contributed by atoms with Gasteiger partial charge in [0.15, 0.2) is 0 Å². The lowest BCUT2D eigenvalue weighted by Gasteiger charge is -2.03. The molecule has 0 saturated heterocycles. The van der Waals surface area contributed by atoms with Gasteiger partial charge in [-0.15, -0.1) is 8.80 Å². The van der Waals surface area contributed by atoms with Crippen molar-refractivity contribution in [2.24, 2.45) is 8.80 Å². The smallest absolute Gasteiger partial charge is 0.283 e. The van der Waals surface area contributed by atoms with Gasteiger partial charge in [-0.2, -0.15) is 16.8 Å². The van der Waals surface area contributed by atoms with Crippen LogP contribution >= 0.6 is 0 Å². The van der Waals surface area contributed by atoms with E-state index in [1.807, 2.05) is 12.2 Å². The van der Waals surface area contributed by atoms with E-state index in [-0.39, 0.29) is 9.79 Å². The van der Waals surface area contributed by atoms with Crippen LogP contribution in [0, 0.1) is 0 Å². The first-order valence-electron chi connectivity index (χ1n) is 10.0. The number of hydrogen-bond donors (Lipinski definition) is 2. The molecule has 0 spiro atoms. The summed E-state index contributed by atoms with van der Waals surface area (Å²) in [6, 6.07) is 12.3. The molecule has 2 heterocycles. The standard InChI is InChI=1S/2C11H12N2O3S/c2*1-16-9-4-6-10(7-5-9)17(14,15)13-11-3-2-8-12-11/h2*2,4-8H,3H2,1H3,(H,12,13). The van der Waals surface area contributed by atoms with Crippen molar-refractivity contribution < 1.29 is 26.3 Å². The second-order valence-electron chi connectivity index (χ2n) is 6.88. The van der Waals surface area contributed by atoms with Crippen molar-refractivity contribution in [3.63, 3.8) is 0 Å². The molecule has 10 nitrogen and oxygen atoms in total. The summed E-state index contributed by atoms with van der Waals surface area (Å²) in [6.45, 7) is 0. The van der Waals surface area contributed by atoms with Crippen LogP contribution in [0.2, 0.25) is 0 Å². The maximum Gasteiger partial charge on any atom is 0.283 e. The Labute approximate surface area is 198 Å². The van der Waals surface area contributed by atoms with Crippen LogP contribution in [0.1, 0.15) is 12.8 Å². The number of methoxy groups -OCH3 is 2. The molecule has 0 bridgehead atoms. The van der Waals surface area contributed by atoms with Gasteiger partial charge in [0.2, 0.25) is 0 Å². The molecule has 2 aromatic carbocycles. The van der Waals surface area contributed by atoms with Crippen molar-refractivity contribution in [3.8, 4) is 11.5 Å². The fourth-order valence-electron chi connectivity index (χ4n) is 2.79. The largest absolute Gasteiger partial charge is 0.497 e. The van der Waals surface area contributed by atoms with E-state index in [2.05, 4.69) is 19.4 Å². The molecule has 0 atom stereocenters. The summed E-state index contributed by atoms with van der Waals surface area (Å²) in [5.41, 5.74) is 0. The van der Waals surface area contributed by atoms with Crippen molar-refractivity contribution in [1.29, 1.82) is 0 Å². The van der Waals surface area contributed by atoms with Gasteiger partial charge < -0.3 is 20.1 Å². The molecule has 0 fully saturated rings. The maximum absolute atomic E-state index is 11.9. The number of rotatable bonds is 6. The van der Waals surface area contributed by atoms with Crippen LogP contribution in [0.15, 0.2) is 91.7 Å². The van der Waals surface area contributed by atoms with Crippen molar-refractivity contribution in [2.75, 3.05) is 14.2 Å². The van der Waals surface area contributed by atoms with Gasteiger partial charge >= 0.3 is 0 Å². The zero-order valence-electron chi connectivity index (χ0n) is 18.5. The number of nitrogens with zero attached hydrogens (tertiary/aromatic N) is 2. The van der Waals surface area contributed by atoms with Gasteiger partial charge in [-0.1, -0.05) is 12.2 Å². The molecule has 2 aromatic rings. The molecule has 12 heteroatoms. The van der Waals surface area contributed by atoms with Crippen molar-refractivity contribution in [3.05, 3.63) is 73.1 Å². The Morgan fingerprint density at radius 3 is 1.26 bits per heavy atom. The number of sulfonamides is 2. The topological polar surface area (TPSA) is 136 Å². The minimum Gasteiger partial charge on any atom is -0.497 e. The van der Waals surface area contributed by atoms with Crippen LogP contribution < -0.4 is 20.1 Å². The van der Waals surface area contributed by atoms with E-state index < -0.39 is 20.0 Å². The molecular formula is C22H24N4O6S2. The van der Waals surface area contributed by atoms with Gasteiger partial charge in [-0.05, 0) is 60.9 Å². The number of ether oxygens (including phenoxy) is 2. The van der Waals surface area contributed by atoms with E-state index in [1.165, 1.54) is 38.5 Å². The highest BCUT2D eigenvalue weighted by Crippen LogP contribution is 2.19. The van der Waals surface area contributed by atoms with Crippen molar-refractivity contribution in [1.82, 2.24) is 10.6 Å². The summed E-state index contributed by atoms with van der Waals surface area (Å²) in [7, 11) is -4.23. The van der Waals surface area contributed by atoms with Gasteiger partial charge in [-0.25, -0.2) is 0 Å². The molecule has 0 aliphatic carbocycles. The van der Waals surface area contributed by atoms with E-state index in [1.54, 1.807) is 36.7 Å². The fourth-order valence-corrected chi connectivity index (χ4v) is 4.79. The van der Waals surface area contributed by atoms with Crippen LogP contribution in [-0.4, -0.2) is 42.7 Å². The van der Waals surface area contributed by atoms with Crippen LogP contribution in [0.4, 0.5) is 0 Å². The summed E-state index contributed by atoms with van der Waals surface area (Å²) in [5.74, 6) is 2.08. The Balaban J connectivity index is 0.000000191. The average molecular weight is 505 g/mol. The molecule has 0 aromatic heterocycles. The quantitative estimate of drug-likeness (QED) is 0.613. The lowest BCUT2D eigenvalue weighted by Crippen LogP contribution is -2.13. The lowest BCUT2D eigenvalue weighted by molar-refractivity contribution is 0.414. The molecule has 0 amide bonds. The molecule has 0 saturated carbocycles. The van der Waals surface area contributed by atoms with E-state index >= 15 is 0 Å². The first kappa shape index (κ1) is 25.0. The van der Waals surface area contributed by atoms with Crippen LogP contribution in [0.3, 0.4) is 0 Å². The van der Waals surface area contributed by atoms with Crippen molar-refractivity contribution in [2.45, 2.75) is 22.6 Å². The zero-order chi connectivity index (χ0) is 24.6. The number of benzene rings is 2. The fraction of sp³-hybridized carbons (Fsp3) is 0.182. The summed E-state index contributed by atoms with van der Waals surface area (Å²) < 4.78 is 64.9. The highest BCUT2D eigenvalue weighted by Gasteiger charge is 2.16. The maximum atomic E-state index is 11.9. The average Bonchev–Trinajstić information content (AvgIpc) is 3.53. The SMILES string of the molecule is COc1ccc(S(=O)(=O)N=C2CC=CN2)cc1.COc1ccc(S(=O)(=O)N=C2CC=CN2)cc1. The van der Waals surface area contributed by atoms with Gasteiger partial charge in [0.05, 0.1) is 24.0 Å². The van der Waals surface area contributed by atoms with Gasteiger partial charge in [0, 0.05) is 12.8 Å². The van der Waals surface area contributed by atoms with Gasteiger partial charge in [0.25, 0.3) is 20.0 Å². The normalized spacial score (nSPS) is 17.1. The third-order valence-electron chi connectivity index (χ3n) is 4.53. The number of nitrogens with one attached hydrogen (secondary N) is 2. The Hall–Kier alpha value is -3.64. The minimum atomic E-state index is -3.64. The Morgan fingerprint density at radius 2 is 1.00 bits per heavy atom. The first-order valence-corrected chi connectivity index (χ1v) is 12.9. The minimum absolute atomic E-state index is 0.152. The Bertz CT molecular complexity index is 1200. The molecular weight excluding hydrogens is 480 g/mol. The molecule has 0 radical (unpaired) electrons. The van der Waals surface area contributed by atoms with Crippen LogP contribution in [0.25, 0.3) is 0 Å². The number of amidine groups is 2. The molecule has 0 unspecified atom stereocenters. The summed E-state index contributed by atoms with van der Waals surface area (Å²) >= 11 is 0. The molecule has 34 heavy (non-hydrogen) atoms. The molecule has 2 aliphatic heterocycles. The van der Waals surface area contributed by atoms with Gasteiger partial charge in [-0.3, -0.25) is 0 Å². The predicted molar refractivity (Wildman–Crippen MR) is 129 cm³/mol. The first-order chi connectivity index (χ1) is 16.2. The zero-order valence-corrected chi connectivity index (χ0v) is 20.1. The highest BCUT2D eigenvalue weighted by molar-refractivity contribution is 7.90. The second kappa shape index (κ2) is 11.0. The molecule has 180 valence electrons. The van der Waals surface area contributed by atoms with Crippen LogP contribution in [0.5, 0.6) is 11.5 Å². The third-order valence-corrected chi connectivity index (χ3v) is 7.19. The molecule has 2 N–H and O–H groups in total.